The third-order valence-corrected chi connectivity index (χ3v) is 3.76. The molecule has 2 nitrogen and oxygen atoms in total. The van der Waals surface area contributed by atoms with Crippen LogP contribution in [0.15, 0.2) is 30.3 Å². The number of hydrogen-bond acceptors (Lipinski definition) is 2. The van der Waals surface area contributed by atoms with E-state index in [1.807, 2.05) is 44.2 Å². The van der Waals surface area contributed by atoms with E-state index in [1.165, 1.54) is 0 Å². The van der Waals surface area contributed by atoms with Crippen LogP contribution in [-0.4, -0.2) is 17.9 Å². The first-order chi connectivity index (χ1) is 8.65. The molecule has 0 spiro atoms. The normalized spacial score (nSPS) is 13.9. The van der Waals surface area contributed by atoms with Gasteiger partial charge in [0.2, 0.25) is 0 Å². The first-order valence-electron chi connectivity index (χ1n) is 6.44. The van der Waals surface area contributed by atoms with Crippen LogP contribution in [0.1, 0.15) is 38.7 Å². The molecule has 0 amide bonds. The number of halogens is 1. The molecule has 1 atom stereocenters. The minimum atomic E-state index is -0.528. The monoisotopic (exact) mass is 312 g/mol. The van der Waals surface area contributed by atoms with E-state index in [1.54, 1.807) is 0 Å². The molecule has 0 bridgehead atoms. The summed E-state index contributed by atoms with van der Waals surface area (Å²) in [6.45, 7) is 4.26. The van der Waals surface area contributed by atoms with Gasteiger partial charge in [0, 0.05) is 5.33 Å². The van der Waals surface area contributed by atoms with Crippen LogP contribution >= 0.6 is 15.9 Å². The topological polar surface area (TPSA) is 26.3 Å². The Morgan fingerprint density at radius 2 is 1.94 bits per heavy atom. The van der Waals surface area contributed by atoms with E-state index in [9.17, 15) is 4.79 Å². The lowest BCUT2D eigenvalue weighted by molar-refractivity contribution is -0.149. The van der Waals surface area contributed by atoms with E-state index in [-0.39, 0.29) is 5.97 Å². The highest BCUT2D eigenvalue weighted by Gasteiger charge is 2.35. The number of hydrogen-bond donors (Lipinski definition) is 0. The van der Waals surface area contributed by atoms with Crippen molar-refractivity contribution in [1.29, 1.82) is 0 Å². The molecule has 0 N–H and O–H groups in total. The number of rotatable bonds is 7. The van der Waals surface area contributed by atoms with Gasteiger partial charge in [-0.2, -0.15) is 0 Å². The second-order valence-electron chi connectivity index (χ2n) is 4.56. The second-order valence-corrected chi connectivity index (χ2v) is 5.36. The van der Waals surface area contributed by atoms with E-state index in [2.05, 4.69) is 15.9 Å². The Bertz CT molecular complexity index is 364. The Hall–Kier alpha value is -0.830. The van der Waals surface area contributed by atoms with Gasteiger partial charge in [0.1, 0.15) is 0 Å². The van der Waals surface area contributed by atoms with Crippen molar-refractivity contribution in [3.05, 3.63) is 35.9 Å². The molecule has 1 rings (SSSR count). The minimum Gasteiger partial charge on any atom is -0.465 e. The summed E-state index contributed by atoms with van der Waals surface area (Å²) in [6, 6.07) is 9.91. The van der Waals surface area contributed by atoms with Crippen molar-refractivity contribution in [3.63, 3.8) is 0 Å². The molecule has 0 aromatic heterocycles. The summed E-state index contributed by atoms with van der Waals surface area (Å²) in [4.78, 5) is 12.2. The zero-order valence-electron chi connectivity index (χ0n) is 11.1. The Balaban J connectivity index is 2.90. The van der Waals surface area contributed by atoms with Crippen LogP contribution in [0.4, 0.5) is 0 Å². The van der Waals surface area contributed by atoms with Gasteiger partial charge in [-0.3, -0.25) is 4.79 Å². The second kappa shape index (κ2) is 7.57. The van der Waals surface area contributed by atoms with Crippen molar-refractivity contribution in [2.75, 3.05) is 11.9 Å². The molecule has 0 saturated carbocycles. The molecule has 100 valence electrons. The lowest BCUT2D eigenvalue weighted by atomic mass is 9.78. The number of unbranched alkanes of at least 4 members (excludes halogenated alkanes) is 1. The van der Waals surface area contributed by atoms with E-state index < -0.39 is 5.41 Å². The van der Waals surface area contributed by atoms with Gasteiger partial charge in [0.15, 0.2) is 0 Å². The number of carbonyl (C=O) groups is 1. The molecule has 0 aliphatic carbocycles. The lowest BCUT2D eigenvalue weighted by Gasteiger charge is -2.27. The van der Waals surface area contributed by atoms with Crippen molar-refractivity contribution < 1.29 is 9.53 Å². The third-order valence-electron chi connectivity index (χ3n) is 3.20. The molecule has 18 heavy (non-hydrogen) atoms. The van der Waals surface area contributed by atoms with Crippen LogP contribution in [-0.2, 0) is 14.9 Å². The number of carbonyl (C=O) groups excluding carboxylic acids is 1. The molecule has 1 aromatic rings. The summed E-state index contributed by atoms with van der Waals surface area (Å²) in [5, 5.41) is 0.973. The Labute approximate surface area is 118 Å². The smallest absolute Gasteiger partial charge is 0.316 e. The molecule has 3 heteroatoms. The summed E-state index contributed by atoms with van der Waals surface area (Å²) in [5.41, 5.74) is 0.512. The molecule has 0 saturated heterocycles. The molecule has 0 aliphatic rings. The van der Waals surface area contributed by atoms with Crippen LogP contribution in [0.3, 0.4) is 0 Å². The predicted molar refractivity (Wildman–Crippen MR) is 78.1 cm³/mol. The Morgan fingerprint density at radius 3 is 2.50 bits per heavy atom. The molecule has 0 aliphatic heterocycles. The number of ether oxygens (including phenoxy) is 1. The molecule has 0 unspecified atom stereocenters. The van der Waals surface area contributed by atoms with Gasteiger partial charge in [0.25, 0.3) is 0 Å². The quantitative estimate of drug-likeness (QED) is 0.431. The largest absolute Gasteiger partial charge is 0.465 e. The fourth-order valence-electron chi connectivity index (χ4n) is 2.03. The summed E-state index contributed by atoms with van der Waals surface area (Å²) in [6.07, 6.45) is 2.90. The SMILES string of the molecule is CCOC(=O)[C@@](C)(CCCCBr)c1ccccc1. The van der Waals surface area contributed by atoms with Crippen molar-refractivity contribution in [1.82, 2.24) is 0 Å². The Kier molecular flexibility index (Phi) is 6.41. The lowest BCUT2D eigenvalue weighted by Crippen LogP contribution is -2.34. The summed E-state index contributed by atoms with van der Waals surface area (Å²) < 4.78 is 5.24. The number of alkyl halides is 1. The van der Waals surface area contributed by atoms with Gasteiger partial charge >= 0.3 is 5.97 Å². The molecular weight excluding hydrogens is 292 g/mol. The zero-order chi connectivity index (χ0) is 13.4. The highest BCUT2D eigenvalue weighted by molar-refractivity contribution is 9.09. The summed E-state index contributed by atoms with van der Waals surface area (Å²) in [7, 11) is 0. The van der Waals surface area contributed by atoms with Gasteiger partial charge in [-0.15, -0.1) is 0 Å². The average molecular weight is 313 g/mol. The van der Waals surface area contributed by atoms with E-state index in [0.717, 1.165) is 30.2 Å². The summed E-state index contributed by atoms with van der Waals surface area (Å²) in [5.74, 6) is -0.120. The van der Waals surface area contributed by atoms with Crippen LogP contribution in [0.25, 0.3) is 0 Å². The highest BCUT2D eigenvalue weighted by atomic mass is 79.9. The average Bonchev–Trinajstić information content (AvgIpc) is 2.40. The first-order valence-corrected chi connectivity index (χ1v) is 7.56. The Morgan fingerprint density at radius 1 is 1.28 bits per heavy atom. The fraction of sp³-hybridized carbons (Fsp3) is 0.533. The van der Waals surface area contributed by atoms with Crippen LogP contribution in [0, 0.1) is 0 Å². The van der Waals surface area contributed by atoms with Crippen molar-refractivity contribution in [3.8, 4) is 0 Å². The standard InChI is InChI=1S/C15H21BrO2/c1-3-18-14(17)15(2,11-7-8-12-16)13-9-5-4-6-10-13/h4-6,9-10H,3,7-8,11-12H2,1-2H3/t15-/m0/s1. The van der Waals surface area contributed by atoms with E-state index in [0.29, 0.717) is 6.61 Å². The van der Waals surface area contributed by atoms with Gasteiger partial charge < -0.3 is 4.74 Å². The van der Waals surface area contributed by atoms with E-state index in [4.69, 9.17) is 4.74 Å². The van der Waals surface area contributed by atoms with Crippen molar-refractivity contribution in [2.45, 2.75) is 38.5 Å². The molecule has 0 heterocycles. The number of benzene rings is 1. The molecular formula is C15H21BrO2. The maximum absolute atomic E-state index is 12.2. The van der Waals surface area contributed by atoms with Crippen molar-refractivity contribution >= 4 is 21.9 Å². The van der Waals surface area contributed by atoms with Crippen molar-refractivity contribution in [2.24, 2.45) is 0 Å². The highest BCUT2D eigenvalue weighted by Crippen LogP contribution is 2.31. The predicted octanol–water partition coefficient (Wildman–Crippen LogP) is 4.07. The van der Waals surface area contributed by atoms with E-state index >= 15 is 0 Å². The maximum atomic E-state index is 12.2. The third kappa shape index (κ3) is 3.84. The number of esters is 1. The minimum absolute atomic E-state index is 0.120. The first kappa shape index (κ1) is 15.2. The fourth-order valence-corrected chi connectivity index (χ4v) is 2.43. The van der Waals surface area contributed by atoms with Gasteiger partial charge in [-0.05, 0) is 32.3 Å². The summed E-state index contributed by atoms with van der Waals surface area (Å²) >= 11 is 3.42. The van der Waals surface area contributed by atoms with Gasteiger partial charge in [0.05, 0.1) is 12.0 Å². The molecule has 0 radical (unpaired) electrons. The van der Waals surface area contributed by atoms with Crippen LogP contribution in [0.5, 0.6) is 0 Å². The van der Waals surface area contributed by atoms with Gasteiger partial charge in [-0.1, -0.05) is 52.7 Å². The maximum Gasteiger partial charge on any atom is 0.316 e. The molecule has 0 fully saturated rings. The van der Waals surface area contributed by atoms with Gasteiger partial charge in [-0.25, -0.2) is 0 Å². The molecule has 1 aromatic carbocycles. The zero-order valence-corrected chi connectivity index (χ0v) is 12.7. The van der Waals surface area contributed by atoms with Crippen LogP contribution in [0.2, 0.25) is 0 Å². The van der Waals surface area contributed by atoms with Crippen LogP contribution < -0.4 is 0 Å².